The Morgan fingerprint density at radius 2 is 1.93 bits per heavy atom. The highest BCUT2D eigenvalue weighted by atomic mass is 19.1. The Labute approximate surface area is 154 Å². The summed E-state index contributed by atoms with van der Waals surface area (Å²) >= 11 is 0. The molecule has 0 aliphatic carbocycles. The van der Waals surface area contributed by atoms with Crippen molar-refractivity contribution in [1.29, 1.82) is 0 Å². The minimum atomic E-state index is -0.274. The van der Waals surface area contributed by atoms with Crippen molar-refractivity contribution in [2.24, 2.45) is 0 Å². The number of amides is 1. The molecule has 0 bridgehead atoms. The van der Waals surface area contributed by atoms with Crippen molar-refractivity contribution < 1.29 is 9.18 Å². The first-order valence-corrected chi connectivity index (χ1v) is 8.44. The molecule has 2 heterocycles. The molecule has 1 amide bonds. The zero-order valence-electron chi connectivity index (χ0n) is 14.3. The Kier molecular flexibility index (Phi) is 4.57. The zero-order valence-corrected chi connectivity index (χ0v) is 14.3. The lowest BCUT2D eigenvalue weighted by atomic mass is 10.1. The maximum Gasteiger partial charge on any atom is 0.251 e. The maximum absolute atomic E-state index is 13.0. The SMILES string of the molecule is O=C(NCc1cccnc1)c1ccc2c(c1)nnn2Cc1ccc(F)cc1. The number of carbonyl (C=O) groups excluding carboxylic acids is 1. The smallest absolute Gasteiger partial charge is 0.251 e. The topological polar surface area (TPSA) is 72.7 Å². The number of carbonyl (C=O) groups is 1. The van der Waals surface area contributed by atoms with Crippen molar-refractivity contribution in [3.05, 3.63) is 89.5 Å². The molecule has 7 heteroatoms. The van der Waals surface area contributed by atoms with Crippen LogP contribution in [0.25, 0.3) is 11.0 Å². The first kappa shape index (κ1) is 16.8. The van der Waals surface area contributed by atoms with Gasteiger partial charge in [0.1, 0.15) is 11.3 Å². The third-order valence-corrected chi connectivity index (χ3v) is 4.20. The quantitative estimate of drug-likeness (QED) is 0.593. The van der Waals surface area contributed by atoms with Crippen LogP contribution >= 0.6 is 0 Å². The minimum Gasteiger partial charge on any atom is -0.348 e. The number of nitrogens with one attached hydrogen (secondary N) is 1. The second kappa shape index (κ2) is 7.33. The molecule has 2 aromatic carbocycles. The largest absolute Gasteiger partial charge is 0.348 e. The summed E-state index contributed by atoms with van der Waals surface area (Å²) in [6.07, 6.45) is 3.40. The molecule has 0 fully saturated rings. The van der Waals surface area contributed by atoms with Gasteiger partial charge in [-0.3, -0.25) is 9.78 Å². The second-order valence-electron chi connectivity index (χ2n) is 6.12. The van der Waals surface area contributed by atoms with Crippen molar-refractivity contribution >= 4 is 16.9 Å². The van der Waals surface area contributed by atoms with Gasteiger partial charge in [-0.15, -0.1) is 5.10 Å². The van der Waals surface area contributed by atoms with Crippen LogP contribution in [0, 0.1) is 5.82 Å². The van der Waals surface area contributed by atoms with Crippen LogP contribution in [0.2, 0.25) is 0 Å². The number of nitrogens with zero attached hydrogens (tertiary/aromatic N) is 4. The first-order valence-electron chi connectivity index (χ1n) is 8.44. The number of hydrogen-bond acceptors (Lipinski definition) is 4. The van der Waals surface area contributed by atoms with Crippen molar-refractivity contribution in [3.8, 4) is 0 Å². The van der Waals surface area contributed by atoms with Gasteiger partial charge < -0.3 is 5.32 Å². The van der Waals surface area contributed by atoms with E-state index < -0.39 is 0 Å². The summed E-state index contributed by atoms with van der Waals surface area (Å²) in [5.74, 6) is -0.460. The standard InChI is InChI=1S/C20H16FN5O/c21-17-6-3-14(4-7-17)13-26-19-8-5-16(10-18(19)24-25-26)20(27)23-12-15-2-1-9-22-11-15/h1-11H,12-13H2,(H,23,27). The molecule has 0 radical (unpaired) electrons. The molecule has 6 nitrogen and oxygen atoms in total. The third-order valence-electron chi connectivity index (χ3n) is 4.20. The number of aromatic nitrogens is 4. The number of halogens is 1. The predicted molar refractivity (Wildman–Crippen MR) is 98.4 cm³/mol. The van der Waals surface area contributed by atoms with Crippen molar-refractivity contribution in [2.75, 3.05) is 0 Å². The van der Waals surface area contributed by atoms with Crippen LogP contribution in [0.4, 0.5) is 4.39 Å². The van der Waals surface area contributed by atoms with E-state index >= 15 is 0 Å². The van der Waals surface area contributed by atoms with Crippen LogP contribution in [-0.4, -0.2) is 25.9 Å². The maximum atomic E-state index is 13.0. The van der Waals surface area contributed by atoms with Crippen LogP contribution in [-0.2, 0) is 13.1 Å². The molecule has 134 valence electrons. The lowest BCUT2D eigenvalue weighted by Gasteiger charge is -2.06. The average Bonchev–Trinajstić information content (AvgIpc) is 3.10. The predicted octanol–water partition coefficient (Wildman–Crippen LogP) is 2.94. The number of pyridine rings is 1. The molecule has 27 heavy (non-hydrogen) atoms. The number of hydrogen-bond donors (Lipinski definition) is 1. The Morgan fingerprint density at radius 3 is 2.70 bits per heavy atom. The van der Waals surface area contributed by atoms with Gasteiger partial charge in [-0.1, -0.05) is 23.4 Å². The average molecular weight is 361 g/mol. The summed E-state index contributed by atoms with van der Waals surface area (Å²) < 4.78 is 14.8. The number of fused-ring (bicyclic) bond motifs is 1. The Morgan fingerprint density at radius 1 is 1.07 bits per heavy atom. The molecular formula is C20H16FN5O. The fourth-order valence-corrected chi connectivity index (χ4v) is 2.78. The molecule has 0 saturated carbocycles. The Bertz CT molecular complexity index is 1080. The van der Waals surface area contributed by atoms with E-state index in [0.717, 1.165) is 16.6 Å². The van der Waals surface area contributed by atoms with E-state index in [2.05, 4.69) is 20.6 Å². The summed E-state index contributed by atoms with van der Waals surface area (Å²) in [5, 5.41) is 11.1. The van der Waals surface area contributed by atoms with Crippen LogP contribution in [0.5, 0.6) is 0 Å². The normalized spacial score (nSPS) is 10.9. The molecule has 4 rings (SSSR count). The summed E-state index contributed by atoms with van der Waals surface area (Å²) in [6.45, 7) is 0.880. The van der Waals surface area contributed by atoms with Gasteiger partial charge in [0.15, 0.2) is 0 Å². The number of rotatable bonds is 5. The summed E-state index contributed by atoms with van der Waals surface area (Å²) in [5.41, 5.74) is 3.80. The summed E-state index contributed by atoms with van der Waals surface area (Å²) in [7, 11) is 0. The zero-order chi connectivity index (χ0) is 18.6. The van der Waals surface area contributed by atoms with Crippen molar-refractivity contribution in [1.82, 2.24) is 25.3 Å². The van der Waals surface area contributed by atoms with Gasteiger partial charge >= 0.3 is 0 Å². The number of benzene rings is 2. The van der Waals surface area contributed by atoms with Crippen LogP contribution < -0.4 is 5.32 Å². The van der Waals surface area contributed by atoms with E-state index in [1.54, 1.807) is 41.3 Å². The highest BCUT2D eigenvalue weighted by Crippen LogP contribution is 2.15. The molecule has 0 atom stereocenters. The molecule has 4 aromatic rings. The van der Waals surface area contributed by atoms with Crippen LogP contribution in [0.1, 0.15) is 21.5 Å². The van der Waals surface area contributed by atoms with Crippen LogP contribution in [0.3, 0.4) is 0 Å². The Hall–Kier alpha value is -3.61. The van der Waals surface area contributed by atoms with Gasteiger partial charge in [0.05, 0.1) is 12.1 Å². The molecule has 0 aliphatic rings. The Balaban J connectivity index is 1.49. The molecular weight excluding hydrogens is 345 g/mol. The van der Waals surface area contributed by atoms with Gasteiger partial charge in [0.2, 0.25) is 0 Å². The highest BCUT2D eigenvalue weighted by molar-refractivity contribution is 5.97. The van der Waals surface area contributed by atoms with Gasteiger partial charge in [0.25, 0.3) is 5.91 Å². The van der Waals surface area contributed by atoms with E-state index in [-0.39, 0.29) is 11.7 Å². The van der Waals surface area contributed by atoms with Gasteiger partial charge in [-0.05, 0) is 47.5 Å². The van der Waals surface area contributed by atoms with E-state index in [4.69, 9.17) is 0 Å². The monoisotopic (exact) mass is 361 g/mol. The second-order valence-corrected chi connectivity index (χ2v) is 6.12. The molecule has 1 N–H and O–H groups in total. The van der Waals surface area contributed by atoms with E-state index in [0.29, 0.717) is 24.2 Å². The molecule has 0 saturated heterocycles. The van der Waals surface area contributed by atoms with Gasteiger partial charge in [-0.2, -0.15) is 0 Å². The summed E-state index contributed by atoms with van der Waals surface area (Å²) in [4.78, 5) is 16.4. The molecule has 0 spiro atoms. The fraction of sp³-hybridized carbons (Fsp3) is 0.100. The lowest BCUT2D eigenvalue weighted by molar-refractivity contribution is 0.0951. The fourth-order valence-electron chi connectivity index (χ4n) is 2.78. The van der Waals surface area contributed by atoms with Gasteiger partial charge in [0, 0.05) is 24.5 Å². The van der Waals surface area contributed by atoms with E-state index in [9.17, 15) is 9.18 Å². The molecule has 0 aliphatic heterocycles. The van der Waals surface area contributed by atoms with E-state index in [1.807, 2.05) is 18.2 Å². The first-order chi connectivity index (χ1) is 13.2. The summed E-state index contributed by atoms with van der Waals surface area (Å²) in [6, 6.07) is 15.3. The van der Waals surface area contributed by atoms with Gasteiger partial charge in [-0.25, -0.2) is 9.07 Å². The van der Waals surface area contributed by atoms with Crippen molar-refractivity contribution in [3.63, 3.8) is 0 Å². The van der Waals surface area contributed by atoms with Crippen molar-refractivity contribution in [2.45, 2.75) is 13.1 Å². The third kappa shape index (κ3) is 3.82. The molecule has 0 unspecified atom stereocenters. The van der Waals surface area contributed by atoms with Crippen LogP contribution in [0.15, 0.2) is 67.0 Å². The highest BCUT2D eigenvalue weighted by Gasteiger charge is 2.10. The minimum absolute atomic E-state index is 0.186. The lowest BCUT2D eigenvalue weighted by Crippen LogP contribution is -2.22. The van der Waals surface area contributed by atoms with E-state index in [1.165, 1.54) is 12.1 Å². The molecule has 2 aromatic heterocycles.